The molecule has 4 heterocycles. The van der Waals surface area contributed by atoms with Crippen molar-refractivity contribution in [3.05, 3.63) is 85.9 Å². The quantitative estimate of drug-likeness (QED) is 0.304. The van der Waals surface area contributed by atoms with Crippen molar-refractivity contribution in [2.24, 2.45) is 0 Å². The third-order valence-corrected chi connectivity index (χ3v) is 6.19. The molecule has 0 fully saturated rings. The molecule has 9 nitrogen and oxygen atoms in total. The lowest BCUT2D eigenvalue weighted by Gasteiger charge is -2.13. The monoisotopic (exact) mass is 467 g/mol. The van der Waals surface area contributed by atoms with E-state index in [9.17, 15) is 9.59 Å². The van der Waals surface area contributed by atoms with Gasteiger partial charge in [0.2, 0.25) is 0 Å². The van der Waals surface area contributed by atoms with E-state index in [1.54, 1.807) is 32.2 Å². The molecule has 0 amide bonds. The summed E-state index contributed by atoms with van der Waals surface area (Å²) in [6, 6.07) is 10.6. The van der Waals surface area contributed by atoms with Crippen LogP contribution in [0.2, 0.25) is 5.02 Å². The van der Waals surface area contributed by atoms with Gasteiger partial charge in [-0.3, -0.25) is 18.8 Å². The SMILES string of the molecule is Cc1cc2[nH]c(=O)cc(CSc3nc4ccccc4c(=O)n3CCn3cc(Cl)cn3)n2n1. The lowest BCUT2D eigenvalue weighted by molar-refractivity contribution is 0.492. The highest BCUT2D eigenvalue weighted by molar-refractivity contribution is 7.98. The van der Waals surface area contributed by atoms with Crippen molar-refractivity contribution in [2.45, 2.75) is 30.9 Å². The average Bonchev–Trinajstić information content (AvgIpc) is 3.35. The topological polar surface area (TPSA) is 103 Å². The molecule has 4 aromatic heterocycles. The molecule has 0 saturated carbocycles. The van der Waals surface area contributed by atoms with Crippen LogP contribution in [0.1, 0.15) is 11.4 Å². The maximum atomic E-state index is 13.2. The molecular formula is C21H18ClN7O2S. The molecule has 1 N–H and O–H groups in total. The fourth-order valence-corrected chi connectivity index (χ4v) is 4.67. The zero-order valence-corrected chi connectivity index (χ0v) is 18.6. The lowest BCUT2D eigenvalue weighted by atomic mass is 10.2. The standard InChI is InChI=1S/C21H18ClN7O2S/c1-13-8-18-25-19(30)9-15(29(18)26-13)12-32-21-24-17-5-3-2-4-16(17)20(31)28(21)7-6-27-11-14(22)10-23-27/h2-5,8-11H,6-7,12H2,1H3,(H,25,30). The first kappa shape index (κ1) is 20.5. The summed E-state index contributed by atoms with van der Waals surface area (Å²) in [4.78, 5) is 32.8. The fourth-order valence-electron chi connectivity index (χ4n) is 3.54. The predicted octanol–water partition coefficient (Wildman–Crippen LogP) is 2.88. The molecule has 0 saturated heterocycles. The summed E-state index contributed by atoms with van der Waals surface area (Å²) in [6.07, 6.45) is 3.27. The molecule has 5 rings (SSSR count). The van der Waals surface area contributed by atoms with Crippen LogP contribution >= 0.6 is 23.4 Å². The number of hydrogen-bond acceptors (Lipinski definition) is 6. The maximum absolute atomic E-state index is 13.2. The minimum Gasteiger partial charge on any atom is -0.307 e. The van der Waals surface area contributed by atoms with E-state index in [-0.39, 0.29) is 11.1 Å². The number of nitrogens with zero attached hydrogens (tertiary/aromatic N) is 6. The molecule has 0 unspecified atom stereocenters. The molecule has 32 heavy (non-hydrogen) atoms. The number of para-hydroxylation sites is 1. The Kier molecular flexibility index (Phi) is 5.32. The number of benzene rings is 1. The van der Waals surface area contributed by atoms with Gasteiger partial charge in [-0.25, -0.2) is 9.50 Å². The summed E-state index contributed by atoms with van der Waals surface area (Å²) < 4.78 is 5.03. The van der Waals surface area contributed by atoms with E-state index in [2.05, 4.69) is 15.2 Å². The van der Waals surface area contributed by atoms with Crippen LogP contribution < -0.4 is 11.1 Å². The highest BCUT2D eigenvalue weighted by atomic mass is 35.5. The number of fused-ring (bicyclic) bond motifs is 2. The van der Waals surface area contributed by atoms with E-state index in [1.807, 2.05) is 31.2 Å². The highest BCUT2D eigenvalue weighted by Crippen LogP contribution is 2.22. The second-order valence-corrected chi connectivity index (χ2v) is 8.67. The van der Waals surface area contributed by atoms with E-state index in [1.165, 1.54) is 17.8 Å². The van der Waals surface area contributed by atoms with Crippen molar-refractivity contribution < 1.29 is 0 Å². The number of H-pyrrole nitrogens is 1. The Morgan fingerprint density at radius 1 is 1.16 bits per heavy atom. The molecule has 0 spiro atoms. The number of hydrogen-bond donors (Lipinski definition) is 1. The van der Waals surface area contributed by atoms with Crippen LogP contribution in [0.5, 0.6) is 0 Å². The third-order valence-electron chi connectivity index (χ3n) is 4.98. The molecular weight excluding hydrogens is 450 g/mol. The Bertz CT molecular complexity index is 1570. The van der Waals surface area contributed by atoms with Gasteiger partial charge in [0.05, 0.1) is 40.1 Å². The van der Waals surface area contributed by atoms with Gasteiger partial charge in [0, 0.05) is 30.6 Å². The summed E-state index contributed by atoms with van der Waals surface area (Å²) in [7, 11) is 0. The number of aromatic amines is 1. The average molecular weight is 468 g/mol. The molecule has 0 radical (unpaired) electrons. The number of rotatable bonds is 6. The fraction of sp³-hybridized carbons (Fsp3) is 0.190. The van der Waals surface area contributed by atoms with Gasteiger partial charge < -0.3 is 4.98 Å². The minimum absolute atomic E-state index is 0.123. The van der Waals surface area contributed by atoms with Gasteiger partial charge in [0.1, 0.15) is 5.65 Å². The molecule has 11 heteroatoms. The molecule has 1 aromatic carbocycles. The predicted molar refractivity (Wildman–Crippen MR) is 123 cm³/mol. The molecule has 0 atom stereocenters. The Morgan fingerprint density at radius 2 is 2.00 bits per heavy atom. The van der Waals surface area contributed by atoms with Crippen molar-refractivity contribution in [3.8, 4) is 0 Å². The summed E-state index contributed by atoms with van der Waals surface area (Å²) in [6.45, 7) is 2.71. The van der Waals surface area contributed by atoms with Gasteiger partial charge in [-0.2, -0.15) is 10.2 Å². The Morgan fingerprint density at radius 3 is 2.81 bits per heavy atom. The van der Waals surface area contributed by atoms with E-state index in [0.717, 1.165) is 11.4 Å². The number of nitrogens with one attached hydrogen (secondary N) is 1. The summed E-state index contributed by atoms with van der Waals surface area (Å²) in [5.41, 5.74) is 2.45. The molecule has 162 valence electrons. The molecule has 5 aromatic rings. The highest BCUT2D eigenvalue weighted by Gasteiger charge is 2.14. The van der Waals surface area contributed by atoms with Crippen molar-refractivity contribution in [1.82, 2.24) is 33.9 Å². The minimum atomic E-state index is -0.201. The van der Waals surface area contributed by atoms with E-state index >= 15 is 0 Å². The van der Waals surface area contributed by atoms with E-state index in [4.69, 9.17) is 16.6 Å². The van der Waals surface area contributed by atoms with Gasteiger partial charge in [0.15, 0.2) is 5.16 Å². The molecule has 0 bridgehead atoms. The van der Waals surface area contributed by atoms with Crippen LogP contribution in [0.15, 0.2) is 63.5 Å². The van der Waals surface area contributed by atoms with Crippen LogP contribution in [0.3, 0.4) is 0 Å². The van der Waals surface area contributed by atoms with Crippen LogP contribution in [-0.4, -0.2) is 33.9 Å². The van der Waals surface area contributed by atoms with Crippen LogP contribution in [0.4, 0.5) is 0 Å². The van der Waals surface area contributed by atoms with Gasteiger partial charge in [-0.15, -0.1) is 0 Å². The van der Waals surface area contributed by atoms with E-state index in [0.29, 0.717) is 45.6 Å². The lowest BCUT2D eigenvalue weighted by Crippen LogP contribution is -2.25. The van der Waals surface area contributed by atoms with Crippen LogP contribution in [0.25, 0.3) is 16.6 Å². The van der Waals surface area contributed by atoms with Gasteiger partial charge in [-0.1, -0.05) is 35.5 Å². The number of aromatic nitrogens is 7. The smallest absolute Gasteiger partial charge is 0.262 e. The molecule has 0 aliphatic rings. The summed E-state index contributed by atoms with van der Waals surface area (Å²) >= 11 is 7.34. The van der Waals surface area contributed by atoms with Crippen molar-refractivity contribution in [1.29, 1.82) is 0 Å². The van der Waals surface area contributed by atoms with Gasteiger partial charge in [-0.05, 0) is 19.1 Å². The van der Waals surface area contributed by atoms with Gasteiger partial charge >= 0.3 is 0 Å². The zero-order valence-electron chi connectivity index (χ0n) is 17.0. The van der Waals surface area contributed by atoms with E-state index < -0.39 is 0 Å². The number of aryl methyl sites for hydroxylation is 2. The zero-order chi connectivity index (χ0) is 22.2. The Hall–Kier alpha value is -3.37. The van der Waals surface area contributed by atoms with Crippen molar-refractivity contribution in [2.75, 3.05) is 0 Å². The largest absolute Gasteiger partial charge is 0.307 e. The first-order valence-corrected chi connectivity index (χ1v) is 11.2. The first-order chi connectivity index (χ1) is 15.5. The Labute approximate surface area is 190 Å². The number of thioether (sulfide) groups is 1. The molecule has 0 aliphatic heterocycles. The number of halogens is 1. The Balaban J connectivity index is 1.52. The second-order valence-electron chi connectivity index (χ2n) is 7.29. The third kappa shape index (κ3) is 3.94. The summed E-state index contributed by atoms with van der Waals surface area (Å²) in [5.74, 6) is 0.417. The van der Waals surface area contributed by atoms with Crippen molar-refractivity contribution >= 4 is 39.9 Å². The first-order valence-electron chi connectivity index (χ1n) is 9.87. The normalized spacial score (nSPS) is 11.6. The summed E-state index contributed by atoms with van der Waals surface area (Å²) in [5, 5.41) is 10.3. The molecule has 0 aliphatic carbocycles. The van der Waals surface area contributed by atoms with Crippen LogP contribution in [-0.2, 0) is 18.8 Å². The second kappa shape index (κ2) is 8.29. The van der Waals surface area contributed by atoms with Gasteiger partial charge in [0.25, 0.3) is 11.1 Å². The maximum Gasteiger partial charge on any atom is 0.262 e. The van der Waals surface area contributed by atoms with Crippen LogP contribution in [0, 0.1) is 6.92 Å². The van der Waals surface area contributed by atoms with Crippen molar-refractivity contribution in [3.63, 3.8) is 0 Å².